The van der Waals surface area contributed by atoms with Crippen molar-refractivity contribution < 1.29 is 64.4 Å². The van der Waals surface area contributed by atoms with Crippen LogP contribution in [0.1, 0.15) is 89.2 Å². The summed E-state index contributed by atoms with van der Waals surface area (Å²) in [5.41, 5.74) is 2.18. The number of rotatable bonds is 13. The van der Waals surface area contributed by atoms with E-state index in [-0.39, 0.29) is 56.3 Å². The summed E-state index contributed by atoms with van der Waals surface area (Å²) < 4.78 is 35.4. The monoisotopic (exact) mass is 442 g/mol. The number of aryl methyl sites for hydroxylation is 2. The third-order valence-corrected chi connectivity index (χ3v) is 6.32. The van der Waals surface area contributed by atoms with Crippen LogP contribution in [-0.2, 0) is 23.0 Å². The Kier molecular flexibility index (Phi) is 13.5. The Labute approximate surface area is 220 Å². The summed E-state index contributed by atoms with van der Waals surface area (Å²) in [5, 5.41) is 1.44. The normalized spacial score (nSPS) is 11.6. The second-order valence-electron chi connectivity index (χ2n) is 7.93. The molecule has 0 unspecified atom stereocenters. The minimum Gasteiger partial charge on any atom is -0.744 e. The summed E-state index contributed by atoms with van der Waals surface area (Å²) in [6.45, 7) is 4.41. The SMILES string of the molecule is CCCCCCCc1ccc2c(S(=O)(=O)[O-])cc(CCCCCCC)cc2c1.[K+]. The Balaban J connectivity index is 0.00000420. The zero-order chi connectivity index (χ0) is 20.4. The fourth-order valence-corrected chi connectivity index (χ4v) is 4.57. The van der Waals surface area contributed by atoms with Crippen LogP contribution in [-0.4, -0.2) is 13.0 Å². The predicted molar refractivity (Wildman–Crippen MR) is 117 cm³/mol. The van der Waals surface area contributed by atoms with E-state index in [2.05, 4.69) is 26.0 Å². The number of fused-ring (bicyclic) bond motifs is 1. The molecule has 2 aromatic carbocycles. The van der Waals surface area contributed by atoms with E-state index in [0.717, 1.165) is 43.1 Å². The zero-order valence-electron chi connectivity index (χ0n) is 18.5. The number of benzene rings is 2. The van der Waals surface area contributed by atoms with Gasteiger partial charge in [-0.3, -0.25) is 0 Å². The average Bonchev–Trinajstić information content (AvgIpc) is 2.66. The van der Waals surface area contributed by atoms with Gasteiger partial charge in [0, 0.05) is 0 Å². The van der Waals surface area contributed by atoms with E-state index in [9.17, 15) is 13.0 Å². The molecule has 0 radical (unpaired) electrons. The molecular weight excluding hydrogens is 407 g/mol. The molecule has 0 N–H and O–H groups in total. The standard InChI is InChI=1S/C24H36O3S.K/c1-3-5-7-9-11-13-20-15-16-23-22(17-20)18-21(14-12-10-8-6-4-2)19-24(23)28(25,26)27;/h15-19H,3-14H2,1-2H3,(H,25,26,27);/q;+1/p-1. The molecule has 156 valence electrons. The van der Waals surface area contributed by atoms with Crippen molar-refractivity contribution in [2.24, 2.45) is 0 Å². The summed E-state index contributed by atoms with van der Waals surface area (Å²) in [4.78, 5) is -0.0666. The number of unbranched alkanes of at least 4 members (excludes halogenated alkanes) is 8. The Hall–Kier alpha value is 0.246. The van der Waals surface area contributed by atoms with Gasteiger partial charge in [0.05, 0.1) is 4.90 Å². The van der Waals surface area contributed by atoms with Crippen LogP contribution >= 0.6 is 0 Å². The van der Waals surface area contributed by atoms with E-state index in [1.165, 1.54) is 50.5 Å². The molecule has 29 heavy (non-hydrogen) atoms. The van der Waals surface area contributed by atoms with Crippen LogP contribution in [0.25, 0.3) is 10.8 Å². The molecule has 0 aliphatic rings. The van der Waals surface area contributed by atoms with Crippen molar-refractivity contribution in [1.82, 2.24) is 0 Å². The van der Waals surface area contributed by atoms with Gasteiger partial charge in [0.1, 0.15) is 10.1 Å². The average molecular weight is 443 g/mol. The minimum atomic E-state index is -4.48. The molecular formula is C24H35KO3S. The molecule has 0 aliphatic carbocycles. The fraction of sp³-hybridized carbons (Fsp3) is 0.583. The molecule has 0 amide bonds. The number of hydrogen-bond donors (Lipinski definition) is 0. The van der Waals surface area contributed by atoms with Gasteiger partial charge < -0.3 is 4.55 Å². The Morgan fingerprint density at radius 2 is 1.24 bits per heavy atom. The van der Waals surface area contributed by atoms with Gasteiger partial charge in [0.15, 0.2) is 0 Å². The maximum Gasteiger partial charge on any atom is 1.00 e. The smallest absolute Gasteiger partial charge is 0.744 e. The van der Waals surface area contributed by atoms with E-state index in [0.29, 0.717) is 5.39 Å². The second kappa shape index (κ2) is 14.3. The van der Waals surface area contributed by atoms with Crippen molar-refractivity contribution in [3.8, 4) is 0 Å². The fourth-order valence-electron chi connectivity index (χ4n) is 3.82. The van der Waals surface area contributed by atoms with Crippen LogP contribution in [0.15, 0.2) is 35.2 Å². The summed E-state index contributed by atoms with van der Waals surface area (Å²) in [5.74, 6) is 0. The van der Waals surface area contributed by atoms with Crippen LogP contribution in [0.5, 0.6) is 0 Å². The van der Waals surface area contributed by atoms with Crippen molar-refractivity contribution in [3.05, 3.63) is 41.5 Å². The molecule has 0 aromatic heterocycles. The van der Waals surface area contributed by atoms with Gasteiger partial charge in [-0.1, -0.05) is 89.5 Å². The zero-order valence-corrected chi connectivity index (χ0v) is 22.4. The van der Waals surface area contributed by atoms with Gasteiger partial charge in [-0.05, 0) is 53.6 Å². The Morgan fingerprint density at radius 1 is 0.724 bits per heavy atom. The number of hydrogen-bond acceptors (Lipinski definition) is 3. The van der Waals surface area contributed by atoms with Crippen LogP contribution in [0, 0.1) is 0 Å². The summed E-state index contributed by atoms with van der Waals surface area (Å²) in [6.07, 6.45) is 13.8. The molecule has 0 spiro atoms. The van der Waals surface area contributed by atoms with E-state index in [1.54, 1.807) is 6.07 Å². The Morgan fingerprint density at radius 3 is 1.79 bits per heavy atom. The van der Waals surface area contributed by atoms with Gasteiger partial charge >= 0.3 is 51.4 Å². The topological polar surface area (TPSA) is 57.2 Å². The van der Waals surface area contributed by atoms with Gasteiger partial charge in [0.2, 0.25) is 0 Å². The van der Waals surface area contributed by atoms with E-state index >= 15 is 0 Å². The van der Waals surface area contributed by atoms with Crippen molar-refractivity contribution >= 4 is 20.9 Å². The van der Waals surface area contributed by atoms with Gasteiger partial charge in [-0.2, -0.15) is 0 Å². The van der Waals surface area contributed by atoms with Crippen LogP contribution in [0.3, 0.4) is 0 Å². The molecule has 5 heteroatoms. The molecule has 2 rings (SSSR count). The molecule has 0 bridgehead atoms. The first kappa shape index (κ1) is 27.3. The van der Waals surface area contributed by atoms with Crippen molar-refractivity contribution in [3.63, 3.8) is 0 Å². The van der Waals surface area contributed by atoms with Gasteiger partial charge in [-0.15, -0.1) is 0 Å². The second-order valence-corrected chi connectivity index (χ2v) is 9.28. The first-order valence-corrected chi connectivity index (χ1v) is 12.4. The minimum absolute atomic E-state index is 0. The first-order chi connectivity index (χ1) is 13.5. The predicted octanol–water partition coefficient (Wildman–Crippen LogP) is 3.77. The maximum atomic E-state index is 11.8. The summed E-state index contributed by atoms with van der Waals surface area (Å²) in [6, 6.07) is 9.53. The van der Waals surface area contributed by atoms with Crippen molar-refractivity contribution in [2.75, 3.05) is 0 Å². The third-order valence-electron chi connectivity index (χ3n) is 5.45. The summed E-state index contributed by atoms with van der Waals surface area (Å²) >= 11 is 0. The largest absolute Gasteiger partial charge is 1.00 e. The summed E-state index contributed by atoms with van der Waals surface area (Å²) in [7, 11) is -4.48. The van der Waals surface area contributed by atoms with E-state index in [4.69, 9.17) is 0 Å². The third kappa shape index (κ3) is 9.50. The molecule has 0 fully saturated rings. The van der Waals surface area contributed by atoms with Crippen LogP contribution in [0.2, 0.25) is 0 Å². The Bertz CT molecular complexity index is 841. The van der Waals surface area contributed by atoms with E-state index < -0.39 is 10.1 Å². The van der Waals surface area contributed by atoms with Gasteiger partial charge in [0.25, 0.3) is 0 Å². The van der Waals surface area contributed by atoms with Crippen molar-refractivity contribution in [1.29, 1.82) is 0 Å². The molecule has 0 saturated carbocycles. The van der Waals surface area contributed by atoms with E-state index in [1.807, 2.05) is 12.1 Å². The molecule has 0 atom stereocenters. The van der Waals surface area contributed by atoms with Crippen LogP contribution in [0.4, 0.5) is 0 Å². The quantitative estimate of drug-likeness (QED) is 0.269. The van der Waals surface area contributed by atoms with Crippen molar-refractivity contribution in [2.45, 2.75) is 95.8 Å². The van der Waals surface area contributed by atoms with Gasteiger partial charge in [-0.25, -0.2) is 8.42 Å². The maximum absolute atomic E-state index is 11.8. The molecule has 0 aliphatic heterocycles. The molecule has 0 saturated heterocycles. The first-order valence-electron chi connectivity index (χ1n) is 11.0. The molecule has 0 heterocycles. The molecule has 3 nitrogen and oxygen atoms in total. The van der Waals surface area contributed by atoms with Crippen LogP contribution < -0.4 is 51.4 Å². The molecule has 2 aromatic rings.